The topological polar surface area (TPSA) is 71.3 Å². The fourth-order valence-electron chi connectivity index (χ4n) is 2.62. The van der Waals surface area contributed by atoms with Gasteiger partial charge in [-0.2, -0.15) is 4.98 Å². The first-order chi connectivity index (χ1) is 9.18. The maximum Gasteiger partial charge on any atom is 0.240 e. The van der Waals surface area contributed by atoms with E-state index >= 15 is 0 Å². The molecule has 1 fully saturated rings. The molecule has 0 aliphatic carbocycles. The number of amides is 1. The van der Waals surface area contributed by atoms with Gasteiger partial charge in [0.15, 0.2) is 5.82 Å². The van der Waals surface area contributed by atoms with Gasteiger partial charge < -0.3 is 9.84 Å². The lowest BCUT2D eigenvalue weighted by molar-refractivity contribution is -0.120. The first kappa shape index (κ1) is 15.0. The van der Waals surface area contributed by atoms with Gasteiger partial charge in [0.25, 0.3) is 0 Å². The second-order valence-electron chi connectivity index (χ2n) is 6.94. The van der Waals surface area contributed by atoms with Gasteiger partial charge in [0, 0.05) is 13.5 Å². The predicted octanol–water partition coefficient (Wildman–Crippen LogP) is 1.67. The number of nitrogens with one attached hydrogen (secondary N) is 1. The third-order valence-corrected chi connectivity index (χ3v) is 3.63. The molecule has 6 heteroatoms. The quantitative estimate of drug-likeness (QED) is 0.908. The van der Waals surface area contributed by atoms with Crippen LogP contribution in [-0.4, -0.2) is 34.0 Å². The van der Waals surface area contributed by atoms with E-state index in [1.165, 1.54) is 13.3 Å². The number of hydrogen-bond donors (Lipinski definition) is 1. The van der Waals surface area contributed by atoms with Crippen molar-refractivity contribution in [3.05, 3.63) is 11.7 Å². The average Bonchev–Trinajstić information content (AvgIpc) is 2.84. The fraction of sp³-hybridized carbons (Fsp3) is 0.786. The van der Waals surface area contributed by atoms with Crippen LogP contribution in [0.4, 0.5) is 0 Å². The Bertz CT molecular complexity index is 493. The van der Waals surface area contributed by atoms with Gasteiger partial charge in [-0.15, -0.1) is 0 Å². The minimum absolute atomic E-state index is 0.109. The lowest BCUT2D eigenvalue weighted by Gasteiger charge is -2.21. The van der Waals surface area contributed by atoms with Gasteiger partial charge in [0.2, 0.25) is 11.8 Å². The van der Waals surface area contributed by atoms with Gasteiger partial charge in [0.1, 0.15) is 0 Å². The molecule has 20 heavy (non-hydrogen) atoms. The van der Waals surface area contributed by atoms with Crippen molar-refractivity contribution in [2.45, 2.75) is 53.1 Å². The predicted molar refractivity (Wildman–Crippen MR) is 74.8 cm³/mol. The summed E-state index contributed by atoms with van der Waals surface area (Å²) in [6, 6.07) is 0. The molecular formula is C14H24N4O2. The van der Waals surface area contributed by atoms with Crippen molar-refractivity contribution >= 4 is 5.91 Å². The Morgan fingerprint density at radius 1 is 1.50 bits per heavy atom. The summed E-state index contributed by atoms with van der Waals surface area (Å²) in [4.78, 5) is 17.9. The Hall–Kier alpha value is -1.43. The Labute approximate surface area is 119 Å². The van der Waals surface area contributed by atoms with Gasteiger partial charge in [-0.3, -0.25) is 9.69 Å². The molecule has 1 aliphatic heterocycles. The molecule has 0 unspecified atom stereocenters. The molecule has 1 N–H and O–H groups in total. The van der Waals surface area contributed by atoms with E-state index in [4.69, 9.17) is 4.52 Å². The summed E-state index contributed by atoms with van der Waals surface area (Å²) in [5.41, 5.74) is -0.254. The Balaban J connectivity index is 2.01. The van der Waals surface area contributed by atoms with Gasteiger partial charge >= 0.3 is 0 Å². The molecule has 1 saturated heterocycles. The van der Waals surface area contributed by atoms with Crippen LogP contribution in [0.3, 0.4) is 0 Å². The van der Waals surface area contributed by atoms with Crippen LogP contribution < -0.4 is 5.32 Å². The van der Waals surface area contributed by atoms with Crippen molar-refractivity contribution in [3.63, 3.8) is 0 Å². The number of rotatable bonds is 4. The van der Waals surface area contributed by atoms with Crippen LogP contribution in [0.2, 0.25) is 0 Å². The lowest BCUT2D eigenvalue weighted by atomic mass is 9.93. The highest BCUT2D eigenvalue weighted by atomic mass is 16.5. The third kappa shape index (κ3) is 3.56. The Morgan fingerprint density at radius 3 is 2.75 bits per heavy atom. The monoisotopic (exact) mass is 280 g/mol. The van der Waals surface area contributed by atoms with E-state index in [2.05, 4.69) is 34.2 Å². The van der Waals surface area contributed by atoms with Crippen LogP contribution in [0, 0.1) is 5.41 Å². The zero-order chi connectivity index (χ0) is 15.0. The van der Waals surface area contributed by atoms with Crippen LogP contribution in [0.25, 0.3) is 0 Å². The fourth-order valence-corrected chi connectivity index (χ4v) is 2.62. The normalized spacial score (nSPS) is 19.2. The average molecular weight is 280 g/mol. The molecule has 112 valence electrons. The highest BCUT2D eigenvalue weighted by Crippen LogP contribution is 2.29. The lowest BCUT2D eigenvalue weighted by Crippen LogP contribution is -2.40. The molecule has 2 heterocycles. The molecular weight excluding hydrogens is 256 g/mol. The van der Waals surface area contributed by atoms with E-state index in [-0.39, 0.29) is 5.91 Å². The van der Waals surface area contributed by atoms with Gasteiger partial charge in [-0.05, 0) is 32.2 Å². The standard InChI is InChI=1S/C14H24N4O2/c1-10(19)16-14(4,5)12-15-11(20-17-12)8-18-7-6-13(2,3)9-18/h6-9H2,1-5H3,(H,16,19). The summed E-state index contributed by atoms with van der Waals surface area (Å²) in [5.74, 6) is 1.01. The molecule has 0 saturated carbocycles. The van der Waals surface area contributed by atoms with Crippen LogP contribution in [0.15, 0.2) is 4.52 Å². The highest BCUT2D eigenvalue weighted by Gasteiger charge is 2.31. The molecule has 1 amide bonds. The molecule has 1 aromatic heterocycles. The zero-order valence-corrected chi connectivity index (χ0v) is 13.0. The second-order valence-corrected chi connectivity index (χ2v) is 6.94. The highest BCUT2D eigenvalue weighted by molar-refractivity contribution is 5.73. The number of likely N-dealkylation sites (tertiary alicyclic amines) is 1. The number of nitrogens with zero attached hydrogens (tertiary/aromatic N) is 3. The van der Waals surface area contributed by atoms with Crippen molar-refractivity contribution < 1.29 is 9.32 Å². The van der Waals surface area contributed by atoms with E-state index in [0.717, 1.165) is 13.1 Å². The van der Waals surface area contributed by atoms with E-state index in [1.54, 1.807) is 0 Å². The molecule has 0 radical (unpaired) electrons. The largest absolute Gasteiger partial charge is 0.344 e. The number of carbonyl (C=O) groups is 1. The summed E-state index contributed by atoms with van der Waals surface area (Å²) in [5, 5.41) is 6.81. The van der Waals surface area contributed by atoms with E-state index in [1.807, 2.05) is 13.8 Å². The van der Waals surface area contributed by atoms with Gasteiger partial charge in [-0.1, -0.05) is 19.0 Å². The first-order valence-corrected chi connectivity index (χ1v) is 7.02. The van der Waals surface area contributed by atoms with Crippen molar-refractivity contribution in [2.24, 2.45) is 5.41 Å². The molecule has 2 rings (SSSR count). The molecule has 6 nitrogen and oxygen atoms in total. The summed E-state index contributed by atoms with van der Waals surface area (Å²) >= 11 is 0. The van der Waals surface area contributed by atoms with Gasteiger partial charge in [-0.25, -0.2) is 0 Å². The Morgan fingerprint density at radius 2 is 2.20 bits per heavy atom. The van der Waals surface area contributed by atoms with Crippen molar-refractivity contribution in [3.8, 4) is 0 Å². The van der Waals surface area contributed by atoms with Crippen LogP contribution in [0.5, 0.6) is 0 Å². The van der Waals surface area contributed by atoms with Crippen LogP contribution >= 0.6 is 0 Å². The van der Waals surface area contributed by atoms with Crippen molar-refractivity contribution in [2.75, 3.05) is 13.1 Å². The number of carbonyl (C=O) groups excluding carboxylic acids is 1. The van der Waals surface area contributed by atoms with Gasteiger partial charge in [0.05, 0.1) is 12.1 Å². The van der Waals surface area contributed by atoms with Crippen LogP contribution in [-0.2, 0) is 16.9 Å². The Kier molecular flexibility index (Phi) is 3.86. The molecule has 1 aliphatic rings. The summed E-state index contributed by atoms with van der Waals surface area (Å²) < 4.78 is 5.31. The smallest absolute Gasteiger partial charge is 0.240 e. The van der Waals surface area contributed by atoms with E-state index < -0.39 is 5.54 Å². The van der Waals surface area contributed by atoms with Crippen LogP contribution in [0.1, 0.15) is 52.8 Å². The molecule has 0 aromatic carbocycles. The minimum atomic E-state index is -0.613. The maximum absolute atomic E-state index is 11.2. The van der Waals surface area contributed by atoms with Crippen molar-refractivity contribution in [1.82, 2.24) is 20.4 Å². The first-order valence-electron chi connectivity index (χ1n) is 7.02. The van der Waals surface area contributed by atoms with E-state index in [0.29, 0.717) is 23.7 Å². The van der Waals surface area contributed by atoms with Crippen molar-refractivity contribution in [1.29, 1.82) is 0 Å². The zero-order valence-electron chi connectivity index (χ0n) is 13.0. The third-order valence-electron chi connectivity index (χ3n) is 3.63. The molecule has 0 bridgehead atoms. The number of hydrogen-bond acceptors (Lipinski definition) is 5. The van der Waals surface area contributed by atoms with E-state index in [9.17, 15) is 4.79 Å². The minimum Gasteiger partial charge on any atom is -0.344 e. The molecule has 1 aromatic rings. The summed E-state index contributed by atoms with van der Waals surface area (Å²) in [6.07, 6.45) is 1.19. The second kappa shape index (κ2) is 5.16. The molecule has 0 atom stereocenters. The summed E-state index contributed by atoms with van der Waals surface area (Å²) in [7, 11) is 0. The molecule has 0 spiro atoms. The number of aromatic nitrogens is 2. The summed E-state index contributed by atoms with van der Waals surface area (Å²) in [6.45, 7) is 12.5. The SMILES string of the molecule is CC(=O)NC(C)(C)c1noc(CN2CCC(C)(C)C2)n1. The maximum atomic E-state index is 11.2.